The number of amides is 1. The third-order valence-electron chi connectivity index (χ3n) is 5.71. The van der Waals surface area contributed by atoms with Crippen LogP contribution in [0.15, 0.2) is 36.4 Å². The predicted octanol–water partition coefficient (Wildman–Crippen LogP) is 2.52. The first-order chi connectivity index (χ1) is 13.1. The lowest BCUT2D eigenvalue weighted by Gasteiger charge is -2.44. The summed E-state index contributed by atoms with van der Waals surface area (Å²) >= 11 is 1.87. The number of benzene rings is 1. The molecule has 27 heavy (non-hydrogen) atoms. The molecular formula is C21H26N2O3S. The Kier molecular flexibility index (Phi) is 5.32. The van der Waals surface area contributed by atoms with E-state index in [1.165, 1.54) is 20.9 Å². The van der Waals surface area contributed by atoms with Crippen LogP contribution in [0.4, 0.5) is 0 Å². The van der Waals surface area contributed by atoms with Crippen molar-refractivity contribution in [2.75, 3.05) is 26.3 Å². The van der Waals surface area contributed by atoms with E-state index in [4.69, 9.17) is 15.6 Å². The van der Waals surface area contributed by atoms with Crippen LogP contribution in [-0.4, -0.2) is 48.3 Å². The molecule has 0 unspecified atom stereocenters. The van der Waals surface area contributed by atoms with E-state index in [1.54, 1.807) is 0 Å². The van der Waals surface area contributed by atoms with Gasteiger partial charge in [-0.25, -0.2) is 0 Å². The predicted molar refractivity (Wildman–Crippen MR) is 107 cm³/mol. The van der Waals surface area contributed by atoms with Gasteiger partial charge in [0.2, 0.25) is 5.91 Å². The highest BCUT2D eigenvalue weighted by Crippen LogP contribution is 2.46. The van der Waals surface area contributed by atoms with E-state index in [9.17, 15) is 4.79 Å². The maximum absolute atomic E-state index is 12.4. The molecule has 2 aliphatic heterocycles. The van der Waals surface area contributed by atoms with Gasteiger partial charge in [-0.2, -0.15) is 0 Å². The zero-order valence-corrected chi connectivity index (χ0v) is 16.2. The Morgan fingerprint density at radius 3 is 2.74 bits per heavy atom. The average molecular weight is 387 g/mol. The normalized spacial score (nSPS) is 19.7. The Balaban J connectivity index is 1.53. The van der Waals surface area contributed by atoms with Crippen molar-refractivity contribution in [2.45, 2.75) is 37.3 Å². The second-order valence-electron chi connectivity index (χ2n) is 7.35. The van der Waals surface area contributed by atoms with Gasteiger partial charge in [-0.15, -0.1) is 11.3 Å². The molecule has 3 heterocycles. The number of carbonyl (C=O) groups is 1. The van der Waals surface area contributed by atoms with E-state index in [0.29, 0.717) is 19.5 Å². The van der Waals surface area contributed by atoms with Crippen LogP contribution in [0.5, 0.6) is 0 Å². The van der Waals surface area contributed by atoms with E-state index in [2.05, 4.69) is 30.3 Å². The van der Waals surface area contributed by atoms with Crippen molar-refractivity contribution in [3.63, 3.8) is 0 Å². The Morgan fingerprint density at radius 2 is 2.04 bits per heavy atom. The van der Waals surface area contributed by atoms with Crippen LogP contribution < -0.4 is 5.73 Å². The van der Waals surface area contributed by atoms with Gasteiger partial charge in [0.05, 0.1) is 18.2 Å². The van der Waals surface area contributed by atoms with Crippen molar-refractivity contribution in [3.8, 4) is 10.4 Å². The topological polar surface area (TPSA) is 75.8 Å². The standard InChI is InChI=1S/C21H26N2O3S/c22-17(6-12-24)20(25)23-10-8-21(9-11-23)16-14-19(15-4-2-1-3-5-15)27-18(16)7-13-26-21/h1-5,14,17,24H,6-13,22H2/t17-/m0/s1. The largest absolute Gasteiger partial charge is 0.396 e. The molecule has 2 aliphatic rings. The molecule has 1 saturated heterocycles. The van der Waals surface area contributed by atoms with E-state index < -0.39 is 6.04 Å². The summed E-state index contributed by atoms with van der Waals surface area (Å²) in [5.74, 6) is -0.0646. The first-order valence-electron chi connectivity index (χ1n) is 9.61. The quantitative estimate of drug-likeness (QED) is 0.847. The third-order valence-corrected chi connectivity index (χ3v) is 6.95. The fourth-order valence-electron chi connectivity index (χ4n) is 4.16. The molecule has 0 bridgehead atoms. The Labute approximate surface area is 163 Å². The van der Waals surface area contributed by atoms with Gasteiger partial charge < -0.3 is 20.5 Å². The van der Waals surface area contributed by atoms with E-state index in [1.807, 2.05) is 22.3 Å². The summed E-state index contributed by atoms with van der Waals surface area (Å²) in [5.41, 5.74) is 8.16. The number of fused-ring (bicyclic) bond motifs is 2. The lowest BCUT2D eigenvalue weighted by molar-refractivity contribution is -0.142. The Hall–Kier alpha value is -1.73. The molecule has 1 aromatic carbocycles. The van der Waals surface area contributed by atoms with Crippen molar-refractivity contribution in [1.29, 1.82) is 0 Å². The lowest BCUT2D eigenvalue weighted by Crippen LogP contribution is -2.52. The number of ether oxygens (including phenoxy) is 1. The number of hydrogen-bond donors (Lipinski definition) is 2. The van der Waals surface area contributed by atoms with Crippen molar-refractivity contribution < 1.29 is 14.6 Å². The lowest BCUT2D eigenvalue weighted by atomic mass is 9.82. The fraction of sp³-hybridized carbons (Fsp3) is 0.476. The number of aliphatic hydroxyl groups excluding tert-OH is 1. The zero-order valence-electron chi connectivity index (χ0n) is 15.4. The van der Waals surface area contributed by atoms with Crippen molar-refractivity contribution in [2.24, 2.45) is 5.73 Å². The average Bonchev–Trinajstić information content (AvgIpc) is 3.15. The van der Waals surface area contributed by atoms with Crippen LogP contribution in [0, 0.1) is 0 Å². The van der Waals surface area contributed by atoms with Gasteiger partial charge in [-0.05, 0) is 36.5 Å². The molecule has 6 heteroatoms. The summed E-state index contributed by atoms with van der Waals surface area (Å²) < 4.78 is 6.32. The molecule has 1 aromatic heterocycles. The van der Waals surface area contributed by atoms with Crippen molar-refractivity contribution in [1.82, 2.24) is 4.90 Å². The van der Waals surface area contributed by atoms with Gasteiger partial charge >= 0.3 is 0 Å². The maximum atomic E-state index is 12.4. The molecule has 144 valence electrons. The number of aliphatic hydroxyl groups is 1. The zero-order chi connectivity index (χ0) is 18.9. The van der Waals surface area contributed by atoms with Gasteiger partial charge in [-0.1, -0.05) is 30.3 Å². The molecule has 5 nitrogen and oxygen atoms in total. The number of hydrogen-bond acceptors (Lipinski definition) is 5. The second-order valence-corrected chi connectivity index (χ2v) is 8.49. The molecule has 0 radical (unpaired) electrons. The van der Waals surface area contributed by atoms with Crippen LogP contribution >= 0.6 is 11.3 Å². The summed E-state index contributed by atoms with van der Waals surface area (Å²) in [6.07, 6.45) is 2.86. The minimum Gasteiger partial charge on any atom is -0.396 e. The molecule has 3 N–H and O–H groups in total. The molecular weight excluding hydrogens is 360 g/mol. The molecule has 1 atom stereocenters. The van der Waals surface area contributed by atoms with Crippen LogP contribution in [-0.2, 0) is 21.6 Å². The number of likely N-dealkylation sites (tertiary alicyclic amines) is 1. The molecule has 0 saturated carbocycles. The SMILES string of the molecule is N[C@@H](CCO)C(=O)N1CCC2(CC1)OCCc1sc(-c3ccccc3)cc12. The molecule has 2 aromatic rings. The highest BCUT2D eigenvalue weighted by atomic mass is 32.1. The van der Waals surface area contributed by atoms with Crippen LogP contribution in [0.1, 0.15) is 29.7 Å². The smallest absolute Gasteiger partial charge is 0.239 e. The number of nitrogens with zero attached hydrogens (tertiary/aromatic N) is 1. The van der Waals surface area contributed by atoms with Gasteiger partial charge in [0.15, 0.2) is 0 Å². The molecule has 4 rings (SSSR count). The Bertz CT molecular complexity index is 797. The second kappa shape index (κ2) is 7.72. The number of carbonyl (C=O) groups excluding carboxylic acids is 1. The Morgan fingerprint density at radius 1 is 1.30 bits per heavy atom. The summed E-state index contributed by atoms with van der Waals surface area (Å²) in [6.45, 7) is 1.97. The number of rotatable bonds is 4. The molecule has 1 spiro atoms. The number of piperidine rings is 1. The van der Waals surface area contributed by atoms with E-state index in [-0.39, 0.29) is 18.1 Å². The third kappa shape index (κ3) is 3.55. The number of thiophene rings is 1. The minimum atomic E-state index is -0.613. The summed E-state index contributed by atoms with van der Waals surface area (Å²) in [5, 5.41) is 9.02. The van der Waals surface area contributed by atoms with Gasteiger partial charge in [-0.3, -0.25) is 4.79 Å². The summed E-state index contributed by atoms with van der Waals surface area (Å²) in [4.78, 5) is 17.0. The first kappa shape index (κ1) is 18.6. The monoisotopic (exact) mass is 386 g/mol. The highest BCUT2D eigenvalue weighted by molar-refractivity contribution is 7.15. The fourth-order valence-corrected chi connectivity index (χ4v) is 5.40. The van der Waals surface area contributed by atoms with Crippen LogP contribution in [0.2, 0.25) is 0 Å². The first-order valence-corrected chi connectivity index (χ1v) is 10.4. The highest BCUT2D eigenvalue weighted by Gasteiger charge is 2.43. The van der Waals surface area contributed by atoms with Gasteiger partial charge in [0.25, 0.3) is 0 Å². The summed E-state index contributed by atoms with van der Waals surface area (Å²) in [7, 11) is 0. The van der Waals surface area contributed by atoms with Gasteiger partial charge in [0, 0.05) is 35.9 Å². The van der Waals surface area contributed by atoms with Crippen molar-refractivity contribution >= 4 is 17.2 Å². The van der Waals surface area contributed by atoms with Gasteiger partial charge in [0.1, 0.15) is 0 Å². The van der Waals surface area contributed by atoms with E-state index >= 15 is 0 Å². The van der Waals surface area contributed by atoms with Crippen LogP contribution in [0.25, 0.3) is 10.4 Å². The molecule has 1 fully saturated rings. The van der Waals surface area contributed by atoms with E-state index in [0.717, 1.165) is 25.9 Å². The molecule has 1 amide bonds. The van der Waals surface area contributed by atoms with Crippen molar-refractivity contribution in [3.05, 3.63) is 46.8 Å². The maximum Gasteiger partial charge on any atom is 0.239 e. The number of nitrogens with two attached hydrogens (primary N) is 1. The molecule has 0 aliphatic carbocycles. The van der Waals surface area contributed by atoms with Crippen LogP contribution in [0.3, 0.4) is 0 Å². The minimum absolute atomic E-state index is 0.0612. The summed E-state index contributed by atoms with van der Waals surface area (Å²) in [6, 6.07) is 12.2.